The van der Waals surface area contributed by atoms with Gasteiger partial charge in [-0.15, -0.1) is 0 Å². The van der Waals surface area contributed by atoms with E-state index in [-0.39, 0.29) is 12.2 Å². The molecule has 0 aliphatic carbocycles. The van der Waals surface area contributed by atoms with E-state index in [2.05, 4.69) is 5.32 Å². The first-order chi connectivity index (χ1) is 11.9. The Morgan fingerprint density at radius 3 is 2.48 bits per heavy atom. The van der Waals surface area contributed by atoms with Crippen molar-refractivity contribution >= 4 is 11.9 Å². The highest BCUT2D eigenvalue weighted by molar-refractivity contribution is 5.88. The highest BCUT2D eigenvalue weighted by atomic mass is 19.1. The lowest BCUT2D eigenvalue weighted by molar-refractivity contribution is -0.148. The number of benzene rings is 2. The molecule has 5 nitrogen and oxygen atoms in total. The summed E-state index contributed by atoms with van der Waals surface area (Å²) in [6.07, 6.45) is 0.150. The number of carboxylic acid groups (broad SMARTS) is 1. The van der Waals surface area contributed by atoms with E-state index in [1.165, 1.54) is 12.1 Å². The van der Waals surface area contributed by atoms with Gasteiger partial charge in [0.05, 0.1) is 0 Å². The second-order valence-electron chi connectivity index (χ2n) is 5.70. The molecule has 0 spiro atoms. The predicted molar refractivity (Wildman–Crippen MR) is 90.8 cm³/mol. The molecule has 0 saturated carbocycles. The Labute approximate surface area is 145 Å². The zero-order valence-corrected chi connectivity index (χ0v) is 14.1. The monoisotopic (exact) mass is 345 g/mol. The van der Waals surface area contributed by atoms with Gasteiger partial charge in [-0.1, -0.05) is 43.3 Å². The molecule has 2 N–H and O–H groups in total. The van der Waals surface area contributed by atoms with Crippen LogP contribution in [0.25, 0.3) is 0 Å². The van der Waals surface area contributed by atoms with Crippen LogP contribution in [0.4, 0.5) is 4.39 Å². The van der Waals surface area contributed by atoms with Crippen molar-refractivity contribution in [2.75, 3.05) is 6.61 Å². The largest absolute Gasteiger partial charge is 0.481 e. The second-order valence-corrected chi connectivity index (χ2v) is 5.70. The Hall–Kier alpha value is -2.89. The molecule has 0 aliphatic heterocycles. The van der Waals surface area contributed by atoms with Crippen LogP contribution in [0, 0.1) is 12.7 Å². The van der Waals surface area contributed by atoms with Gasteiger partial charge in [-0.3, -0.25) is 4.79 Å². The highest BCUT2D eigenvalue weighted by Gasteiger charge is 2.40. The topological polar surface area (TPSA) is 75.6 Å². The Bertz CT molecular complexity index is 763. The number of hydrogen-bond donors (Lipinski definition) is 2. The van der Waals surface area contributed by atoms with Crippen molar-refractivity contribution in [1.82, 2.24) is 5.32 Å². The number of rotatable bonds is 7. The summed E-state index contributed by atoms with van der Waals surface area (Å²) in [7, 11) is 0. The molecule has 25 heavy (non-hydrogen) atoms. The van der Waals surface area contributed by atoms with Crippen LogP contribution >= 0.6 is 0 Å². The first kappa shape index (κ1) is 18.4. The third-order valence-corrected chi connectivity index (χ3v) is 3.96. The molecule has 0 aromatic heterocycles. The summed E-state index contributed by atoms with van der Waals surface area (Å²) < 4.78 is 18.9. The highest BCUT2D eigenvalue weighted by Crippen LogP contribution is 2.25. The molecule has 6 heteroatoms. The van der Waals surface area contributed by atoms with E-state index < -0.39 is 29.8 Å². The van der Waals surface area contributed by atoms with Crippen LogP contribution in [0.15, 0.2) is 48.5 Å². The van der Waals surface area contributed by atoms with E-state index in [1.54, 1.807) is 50.2 Å². The van der Waals surface area contributed by atoms with Gasteiger partial charge >= 0.3 is 5.97 Å². The van der Waals surface area contributed by atoms with Crippen molar-refractivity contribution in [2.24, 2.45) is 0 Å². The van der Waals surface area contributed by atoms with Crippen LogP contribution in [0.2, 0.25) is 0 Å². The Kier molecular flexibility index (Phi) is 5.75. The number of hydrogen-bond acceptors (Lipinski definition) is 3. The zero-order valence-electron chi connectivity index (χ0n) is 14.1. The molecular weight excluding hydrogens is 325 g/mol. The minimum Gasteiger partial charge on any atom is -0.481 e. The van der Waals surface area contributed by atoms with Gasteiger partial charge in [0.15, 0.2) is 23.7 Å². The zero-order chi connectivity index (χ0) is 18.4. The lowest BCUT2D eigenvalue weighted by Crippen LogP contribution is -2.52. The van der Waals surface area contributed by atoms with Crippen molar-refractivity contribution in [2.45, 2.75) is 25.8 Å². The number of carboxylic acids is 1. The molecule has 1 amide bonds. The summed E-state index contributed by atoms with van der Waals surface area (Å²) in [5.41, 5.74) is -0.318. The second kappa shape index (κ2) is 7.79. The maximum Gasteiger partial charge on any atom is 0.334 e. The molecule has 1 unspecified atom stereocenters. The van der Waals surface area contributed by atoms with Crippen molar-refractivity contribution < 1.29 is 23.8 Å². The van der Waals surface area contributed by atoms with Crippen LogP contribution in [0.1, 0.15) is 24.5 Å². The average Bonchev–Trinajstić information content (AvgIpc) is 2.61. The summed E-state index contributed by atoms with van der Waals surface area (Å²) in [4.78, 5) is 24.1. The van der Waals surface area contributed by atoms with Gasteiger partial charge in [-0.05, 0) is 36.6 Å². The van der Waals surface area contributed by atoms with E-state index in [9.17, 15) is 19.1 Å². The van der Waals surface area contributed by atoms with Gasteiger partial charge in [0.25, 0.3) is 5.91 Å². The number of aryl methyl sites for hydroxylation is 1. The Morgan fingerprint density at radius 1 is 1.20 bits per heavy atom. The molecule has 132 valence electrons. The lowest BCUT2D eigenvalue weighted by Gasteiger charge is -2.30. The molecule has 0 heterocycles. The van der Waals surface area contributed by atoms with Crippen LogP contribution in [0.3, 0.4) is 0 Å². The minimum absolute atomic E-state index is 0.0488. The predicted octanol–water partition coefficient (Wildman–Crippen LogP) is 3.02. The number of halogens is 1. The van der Waals surface area contributed by atoms with Gasteiger partial charge in [0.2, 0.25) is 0 Å². The van der Waals surface area contributed by atoms with Gasteiger partial charge in [-0.25, -0.2) is 9.18 Å². The van der Waals surface area contributed by atoms with Crippen LogP contribution in [-0.2, 0) is 15.1 Å². The number of amides is 1. The molecule has 0 fully saturated rings. The van der Waals surface area contributed by atoms with E-state index in [0.29, 0.717) is 5.56 Å². The molecule has 1 atom stereocenters. The number of nitrogens with one attached hydrogen (secondary N) is 1. The van der Waals surface area contributed by atoms with Gasteiger partial charge in [-0.2, -0.15) is 0 Å². The van der Waals surface area contributed by atoms with E-state index in [1.807, 2.05) is 0 Å². The van der Waals surface area contributed by atoms with Gasteiger partial charge in [0.1, 0.15) is 0 Å². The van der Waals surface area contributed by atoms with E-state index >= 15 is 0 Å². The molecule has 0 radical (unpaired) electrons. The van der Waals surface area contributed by atoms with Crippen LogP contribution in [0.5, 0.6) is 5.75 Å². The first-order valence-electron chi connectivity index (χ1n) is 7.88. The summed E-state index contributed by atoms with van der Waals surface area (Å²) in [5, 5.41) is 12.2. The molecule has 2 rings (SSSR count). The third-order valence-electron chi connectivity index (χ3n) is 3.96. The average molecular weight is 345 g/mol. The molecule has 2 aromatic carbocycles. The Morgan fingerprint density at radius 2 is 1.88 bits per heavy atom. The van der Waals surface area contributed by atoms with Crippen LogP contribution in [-0.4, -0.2) is 23.6 Å². The summed E-state index contributed by atoms with van der Waals surface area (Å²) in [6.45, 7) is 2.96. The normalized spacial score (nSPS) is 12.9. The molecule has 0 aliphatic rings. The maximum atomic E-state index is 13.7. The molecular formula is C19H20FNO4. The fourth-order valence-corrected chi connectivity index (χ4v) is 2.55. The van der Waals surface area contributed by atoms with E-state index in [4.69, 9.17) is 4.74 Å². The van der Waals surface area contributed by atoms with Gasteiger partial charge in [0, 0.05) is 0 Å². The lowest BCUT2D eigenvalue weighted by atomic mass is 9.87. The van der Waals surface area contributed by atoms with Gasteiger partial charge < -0.3 is 15.2 Å². The fourth-order valence-electron chi connectivity index (χ4n) is 2.55. The summed E-state index contributed by atoms with van der Waals surface area (Å²) in [6, 6.07) is 12.8. The molecule has 0 saturated heterocycles. The minimum atomic E-state index is -1.56. The van der Waals surface area contributed by atoms with Crippen LogP contribution < -0.4 is 10.1 Å². The molecule has 0 bridgehead atoms. The fraction of sp³-hybridized carbons (Fsp3) is 0.263. The smallest absolute Gasteiger partial charge is 0.334 e. The number of ether oxygens (including phenoxy) is 1. The summed E-state index contributed by atoms with van der Waals surface area (Å²) >= 11 is 0. The standard InChI is InChI=1S/C19H20FNO4/c1-3-19(18(23)24,14-7-5-4-6-8-14)21-17(22)12-25-16-11-13(2)9-10-15(16)20/h4-11H,3,12H2,1-2H3,(H,21,22)(H,23,24). The van der Waals surface area contributed by atoms with Crippen molar-refractivity contribution in [3.05, 3.63) is 65.5 Å². The van der Waals surface area contributed by atoms with E-state index in [0.717, 1.165) is 5.56 Å². The maximum absolute atomic E-state index is 13.7. The van der Waals surface area contributed by atoms with Crippen molar-refractivity contribution in [1.29, 1.82) is 0 Å². The third kappa shape index (κ3) is 4.15. The number of aliphatic carboxylic acids is 1. The Balaban J connectivity index is 2.15. The first-order valence-corrected chi connectivity index (χ1v) is 7.88. The quantitative estimate of drug-likeness (QED) is 0.809. The van der Waals surface area contributed by atoms with Crippen molar-refractivity contribution in [3.63, 3.8) is 0 Å². The molecule has 2 aromatic rings. The number of carbonyl (C=O) groups is 2. The summed E-state index contributed by atoms with van der Waals surface area (Å²) in [5.74, 6) is -2.45. The number of carbonyl (C=O) groups excluding carboxylic acids is 1. The SMILES string of the molecule is CCC(NC(=O)COc1cc(C)ccc1F)(C(=O)O)c1ccccc1. The van der Waals surface area contributed by atoms with Crippen molar-refractivity contribution in [3.8, 4) is 5.75 Å².